The van der Waals surface area contributed by atoms with Gasteiger partial charge in [-0.15, -0.1) is 0 Å². The predicted octanol–water partition coefficient (Wildman–Crippen LogP) is 2.82. The molecule has 1 N–H and O–H groups in total. The van der Waals surface area contributed by atoms with Crippen LogP contribution in [-0.4, -0.2) is 33.5 Å². The number of hydrogen-bond donors (Lipinski definition) is 1. The first-order chi connectivity index (χ1) is 12.4. The molecule has 0 aromatic heterocycles. The number of amides is 1. The lowest BCUT2D eigenvalue weighted by molar-refractivity contribution is -0.117. The number of hydrogen-bond acceptors (Lipinski definition) is 4. The third-order valence-corrected chi connectivity index (χ3v) is 5.82. The van der Waals surface area contributed by atoms with E-state index in [2.05, 4.69) is 4.72 Å². The van der Waals surface area contributed by atoms with Gasteiger partial charge in [0.15, 0.2) is 0 Å². The molecule has 0 radical (unpaired) electrons. The Bertz CT molecular complexity index is 882. The molecule has 0 aliphatic carbocycles. The molecule has 6 nitrogen and oxygen atoms in total. The monoisotopic (exact) mass is 394 g/mol. The standard InChI is InChI=1S/C18H19ClN2O4S/c1-2-25-16-7-5-15(6-8-16)21-12-14(11-18(21)22)20-26(23,24)17-9-3-13(19)4-10-17/h3-10,14,20H,2,11-12H2,1H3/t14-/m0/s1. The average Bonchev–Trinajstić information content (AvgIpc) is 2.96. The van der Waals surface area contributed by atoms with Crippen molar-refractivity contribution in [3.05, 3.63) is 53.6 Å². The Kier molecular flexibility index (Phi) is 5.50. The number of nitrogens with one attached hydrogen (secondary N) is 1. The molecule has 0 unspecified atom stereocenters. The van der Waals surface area contributed by atoms with Crippen molar-refractivity contribution in [2.75, 3.05) is 18.1 Å². The van der Waals surface area contributed by atoms with Gasteiger partial charge in [0.05, 0.1) is 11.5 Å². The minimum Gasteiger partial charge on any atom is -0.494 e. The van der Waals surface area contributed by atoms with E-state index in [1.165, 1.54) is 24.3 Å². The fraction of sp³-hybridized carbons (Fsp3) is 0.278. The van der Waals surface area contributed by atoms with Crippen LogP contribution in [0.15, 0.2) is 53.4 Å². The second-order valence-electron chi connectivity index (χ2n) is 5.91. The summed E-state index contributed by atoms with van der Waals surface area (Å²) in [4.78, 5) is 14.0. The smallest absolute Gasteiger partial charge is 0.240 e. The zero-order valence-corrected chi connectivity index (χ0v) is 15.8. The summed E-state index contributed by atoms with van der Waals surface area (Å²) in [6, 6.07) is 12.6. The highest BCUT2D eigenvalue weighted by atomic mass is 35.5. The van der Waals surface area contributed by atoms with Gasteiger partial charge in [-0.2, -0.15) is 0 Å². The van der Waals surface area contributed by atoms with Gasteiger partial charge in [0.1, 0.15) is 5.75 Å². The van der Waals surface area contributed by atoms with Crippen LogP contribution in [0.3, 0.4) is 0 Å². The van der Waals surface area contributed by atoms with Crippen LogP contribution in [0.5, 0.6) is 5.75 Å². The van der Waals surface area contributed by atoms with Crippen LogP contribution in [0.1, 0.15) is 13.3 Å². The number of benzene rings is 2. The van der Waals surface area contributed by atoms with E-state index in [1.807, 2.05) is 6.92 Å². The molecule has 2 aromatic rings. The number of carbonyl (C=O) groups excluding carboxylic acids is 1. The van der Waals surface area contributed by atoms with E-state index in [-0.39, 0.29) is 23.8 Å². The molecule has 3 rings (SSSR count). The largest absolute Gasteiger partial charge is 0.494 e. The van der Waals surface area contributed by atoms with Gasteiger partial charge < -0.3 is 9.64 Å². The normalized spacial score (nSPS) is 17.5. The maximum Gasteiger partial charge on any atom is 0.240 e. The second-order valence-corrected chi connectivity index (χ2v) is 8.06. The molecule has 0 saturated carbocycles. The number of rotatable bonds is 6. The summed E-state index contributed by atoms with van der Waals surface area (Å²) in [5.74, 6) is 0.598. The summed E-state index contributed by atoms with van der Waals surface area (Å²) in [7, 11) is -3.71. The second kappa shape index (κ2) is 7.65. The van der Waals surface area contributed by atoms with Gasteiger partial charge in [0.25, 0.3) is 0 Å². The Labute approximate surface area is 157 Å². The van der Waals surface area contributed by atoms with E-state index in [0.717, 1.165) is 5.75 Å². The van der Waals surface area contributed by atoms with Crippen LogP contribution in [0, 0.1) is 0 Å². The van der Waals surface area contributed by atoms with Gasteiger partial charge in [-0.1, -0.05) is 11.6 Å². The SMILES string of the molecule is CCOc1ccc(N2C[C@@H](NS(=O)(=O)c3ccc(Cl)cc3)CC2=O)cc1. The minimum absolute atomic E-state index is 0.111. The molecule has 138 valence electrons. The van der Waals surface area contributed by atoms with Crippen molar-refractivity contribution >= 4 is 33.2 Å². The van der Waals surface area contributed by atoms with Crippen LogP contribution < -0.4 is 14.4 Å². The third-order valence-electron chi connectivity index (χ3n) is 4.03. The minimum atomic E-state index is -3.71. The van der Waals surface area contributed by atoms with Gasteiger partial charge in [0, 0.05) is 29.7 Å². The van der Waals surface area contributed by atoms with Crippen molar-refractivity contribution in [3.8, 4) is 5.75 Å². The molecular formula is C18H19ClN2O4S. The maximum atomic E-state index is 12.5. The molecule has 8 heteroatoms. The molecule has 1 aliphatic rings. The Hall–Kier alpha value is -2.09. The van der Waals surface area contributed by atoms with E-state index in [1.54, 1.807) is 29.2 Å². The van der Waals surface area contributed by atoms with Crippen molar-refractivity contribution in [1.29, 1.82) is 0 Å². The zero-order chi connectivity index (χ0) is 18.7. The summed E-state index contributed by atoms with van der Waals surface area (Å²) >= 11 is 5.79. The predicted molar refractivity (Wildman–Crippen MR) is 100 cm³/mol. The first-order valence-electron chi connectivity index (χ1n) is 8.20. The molecule has 1 atom stereocenters. The first kappa shape index (κ1) is 18.7. The van der Waals surface area contributed by atoms with E-state index >= 15 is 0 Å². The van der Waals surface area contributed by atoms with Crippen LogP contribution in [0.2, 0.25) is 5.02 Å². The lowest BCUT2D eigenvalue weighted by Crippen LogP contribution is -2.37. The van der Waals surface area contributed by atoms with Crippen LogP contribution >= 0.6 is 11.6 Å². The van der Waals surface area contributed by atoms with Crippen molar-refractivity contribution in [3.63, 3.8) is 0 Å². The molecule has 0 spiro atoms. The molecule has 0 bridgehead atoms. The number of sulfonamides is 1. The summed E-state index contributed by atoms with van der Waals surface area (Å²) in [5.41, 5.74) is 0.714. The lowest BCUT2D eigenvalue weighted by atomic mass is 10.3. The fourth-order valence-electron chi connectivity index (χ4n) is 2.83. The maximum absolute atomic E-state index is 12.5. The van der Waals surface area contributed by atoms with Gasteiger partial charge in [-0.25, -0.2) is 13.1 Å². The van der Waals surface area contributed by atoms with Crippen LogP contribution in [-0.2, 0) is 14.8 Å². The molecule has 1 heterocycles. The summed E-state index contributed by atoms with van der Waals surface area (Å²) in [5, 5.41) is 0.460. The molecular weight excluding hydrogens is 376 g/mol. The number of halogens is 1. The van der Waals surface area contributed by atoms with Crippen LogP contribution in [0.25, 0.3) is 0 Å². The third kappa shape index (κ3) is 4.17. The first-order valence-corrected chi connectivity index (χ1v) is 10.1. The highest BCUT2D eigenvalue weighted by Gasteiger charge is 2.33. The molecule has 1 amide bonds. The van der Waals surface area contributed by atoms with Crippen molar-refractivity contribution in [1.82, 2.24) is 4.72 Å². The highest BCUT2D eigenvalue weighted by molar-refractivity contribution is 7.89. The number of nitrogens with zero attached hydrogens (tertiary/aromatic N) is 1. The van der Waals surface area contributed by atoms with E-state index in [0.29, 0.717) is 17.3 Å². The summed E-state index contributed by atoms with van der Waals surface area (Å²) in [6.45, 7) is 2.74. The Morgan fingerprint density at radius 1 is 1.15 bits per heavy atom. The Balaban J connectivity index is 1.70. The summed E-state index contributed by atoms with van der Waals surface area (Å²) < 4.78 is 32.9. The quantitative estimate of drug-likeness (QED) is 0.817. The fourth-order valence-corrected chi connectivity index (χ4v) is 4.18. The molecule has 26 heavy (non-hydrogen) atoms. The van der Waals surface area contributed by atoms with Crippen molar-refractivity contribution in [2.45, 2.75) is 24.3 Å². The van der Waals surface area contributed by atoms with Gasteiger partial charge >= 0.3 is 0 Å². The number of carbonyl (C=O) groups is 1. The molecule has 1 aliphatic heterocycles. The Morgan fingerprint density at radius 3 is 2.42 bits per heavy atom. The van der Waals surface area contributed by atoms with Crippen molar-refractivity contribution in [2.24, 2.45) is 0 Å². The van der Waals surface area contributed by atoms with Crippen molar-refractivity contribution < 1.29 is 17.9 Å². The molecule has 1 fully saturated rings. The topological polar surface area (TPSA) is 75.7 Å². The molecule has 1 saturated heterocycles. The van der Waals surface area contributed by atoms with Gasteiger partial charge in [0.2, 0.25) is 15.9 Å². The van der Waals surface area contributed by atoms with Gasteiger partial charge in [-0.3, -0.25) is 4.79 Å². The van der Waals surface area contributed by atoms with E-state index in [9.17, 15) is 13.2 Å². The van der Waals surface area contributed by atoms with E-state index < -0.39 is 16.1 Å². The van der Waals surface area contributed by atoms with Crippen LogP contribution in [0.4, 0.5) is 5.69 Å². The Morgan fingerprint density at radius 2 is 1.81 bits per heavy atom. The van der Waals surface area contributed by atoms with Gasteiger partial charge in [-0.05, 0) is 55.5 Å². The number of ether oxygens (including phenoxy) is 1. The number of anilines is 1. The van der Waals surface area contributed by atoms with E-state index in [4.69, 9.17) is 16.3 Å². The average molecular weight is 395 g/mol. The molecule has 2 aromatic carbocycles. The lowest BCUT2D eigenvalue weighted by Gasteiger charge is -2.18. The highest BCUT2D eigenvalue weighted by Crippen LogP contribution is 2.25. The zero-order valence-electron chi connectivity index (χ0n) is 14.2. The summed E-state index contributed by atoms with van der Waals surface area (Å²) in [6.07, 6.45) is 0.111.